The van der Waals surface area contributed by atoms with Crippen molar-refractivity contribution in [1.29, 1.82) is 0 Å². The van der Waals surface area contributed by atoms with Crippen LogP contribution in [-0.4, -0.2) is 7.11 Å². The smallest absolute Gasteiger partial charge is 0.179 e. The highest BCUT2D eigenvalue weighted by Gasteiger charge is 2.13. The fraction of sp³-hybridized carbons (Fsp3) is 0.250. The summed E-state index contributed by atoms with van der Waals surface area (Å²) in [6.45, 7) is 1.90. The van der Waals surface area contributed by atoms with E-state index in [-0.39, 0.29) is 11.6 Å². The van der Waals surface area contributed by atoms with Crippen LogP contribution in [0.25, 0.3) is 0 Å². The molecule has 0 heterocycles. The predicted molar refractivity (Wildman–Crippen MR) is 58.1 cm³/mol. The first-order valence-corrected chi connectivity index (χ1v) is 5.13. The molecule has 0 bridgehead atoms. The molecule has 0 amide bonds. The van der Waals surface area contributed by atoms with Gasteiger partial charge in [0.15, 0.2) is 11.6 Å². The molecule has 0 radical (unpaired) electrons. The maximum absolute atomic E-state index is 13.3. The van der Waals surface area contributed by atoms with Crippen LogP contribution in [0.5, 0.6) is 5.75 Å². The summed E-state index contributed by atoms with van der Waals surface area (Å²) in [4.78, 5) is 0. The van der Waals surface area contributed by atoms with E-state index in [0.29, 0.717) is 8.04 Å². The highest BCUT2D eigenvalue weighted by atomic mass is 127. The molecule has 0 spiro atoms. The Morgan fingerprint density at radius 3 is 2.67 bits per heavy atom. The van der Waals surface area contributed by atoms with Crippen LogP contribution < -0.4 is 4.74 Å². The summed E-state index contributed by atoms with van der Waals surface area (Å²) in [6, 6.07) is 1.77. The van der Waals surface area contributed by atoms with Gasteiger partial charge in [-0.05, 0) is 57.1 Å². The average Bonchev–Trinajstić information content (AvgIpc) is 2.02. The van der Waals surface area contributed by atoms with Crippen LogP contribution in [0.4, 0.5) is 4.39 Å². The first-order chi connectivity index (χ1) is 5.57. The van der Waals surface area contributed by atoms with Gasteiger partial charge in [0.1, 0.15) is 0 Å². The third kappa shape index (κ3) is 1.74. The van der Waals surface area contributed by atoms with Crippen molar-refractivity contribution in [2.75, 3.05) is 7.11 Å². The summed E-state index contributed by atoms with van der Waals surface area (Å²) in [6.07, 6.45) is 0. The van der Waals surface area contributed by atoms with E-state index in [9.17, 15) is 4.39 Å². The second-order valence-corrected chi connectivity index (χ2v) is 4.29. The van der Waals surface area contributed by atoms with E-state index in [1.54, 1.807) is 6.07 Å². The molecule has 0 N–H and O–H groups in total. The minimum absolute atomic E-state index is 0.277. The van der Waals surface area contributed by atoms with Gasteiger partial charge in [0.25, 0.3) is 0 Å². The summed E-state index contributed by atoms with van der Waals surface area (Å²) < 4.78 is 19.4. The summed E-state index contributed by atoms with van der Waals surface area (Å²) in [7, 11) is 1.46. The lowest BCUT2D eigenvalue weighted by Gasteiger charge is -2.08. The van der Waals surface area contributed by atoms with Gasteiger partial charge in [-0.25, -0.2) is 4.39 Å². The largest absolute Gasteiger partial charge is 0.492 e. The van der Waals surface area contributed by atoms with Gasteiger partial charge in [0.05, 0.1) is 15.2 Å². The monoisotopic (exact) mass is 344 g/mol. The van der Waals surface area contributed by atoms with Crippen LogP contribution in [0.1, 0.15) is 5.56 Å². The number of ether oxygens (including phenoxy) is 1. The van der Waals surface area contributed by atoms with Gasteiger partial charge < -0.3 is 4.74 Å². The van der Waals surface area contributed by atoms with Crippen LogP contribution in [-0.2, 0) is 0 Å². The topological polar surface area (TPSA) is 9.23 Å². The van der Waals surface area contributed by atoms with Gasteiger partial charge in [-0.15, -0.1) is 0 Å². The quantitative estimate of drug-likeness (QED) is 0.559. The van der Waals surface area contributed by atoms with Crippen molar-refractivity contribution in [2.45, 2.75) is 6.92 Å². The Morgan fingerprint density at radius 1 is 1.58 bits per heavy atom. The van der Waals surface area contributed by atoms with Crippen LogP contribution in [0.2, 0.25) is 0 Å². The Kier molecular flexibility index (Phi) is 3.34. The molecule has 0 aliphatic carbocycles. The van der Waals surface area contributed by atoms with Gasteiger partial charge in [-0.3, -0.25) is 0 Å². The Hall–Kier alpha value is 0.160. The lowest BCUT2D eigenvalue weighted by atomic mass is 10.2. The Labute approximate surface area is 92.6 Å². The molecule has 0 aromatic heterocycles. The van der Waals surface area contributed by atoms with Gasteiger partial charge in [0.2, 0.25) is 0 Å². The molecule has 0 aliphatic heterocycles. The lowest BCUT2D eigenvalue weighted by molar-refractivity contribution is 0.382. The molecule has 12 heavy (non-hydrogen) atoms. The van der Waals surface area contributed by atoms with E-state index >= 15 is 0 Å². The average molecular weight is 345 g/mol. The van der Waals surface area contributed by atoms with E-state index in [1.165, 1.54) is 7.11 Å². The zero-order valence-corrected chi connectivity index (χ0v) is 10.4. The normalized spacial score (nSPS) is 10.1. The van der Waals surface area contributed by atoms with Gasteiger partial charge in [-0.2, -0.15) is 0 Å². The Bertz CT molecular complexity index is 288. The van der Waals surface area contributed by atoms with Crippen molar-refractivity contribution in [3.63, 3.8) is 0 Å². The molecule has 1 nitrogen and oxygen atoms in total. The number of rotatable bonds is 1. The van der Waals surface area contributed by atoms with Crippen molar-refractivity contribution in [2.24, 2.45) is 0 Å². The molecule has 0 atom stereocenters. The van der Waals surface area contributed by atoms with E-state index < -0.39 is 0 Å². The molecule has 1 rings (SSSR count). The standard InChI is InChI=1S/C8H7BrFIO/c1-4-3-5(11)7(10)8(12-2)6(4)9/h3H,1-2H3. The molecular formula is C8H7BrFIO. The maximum atomic E-state index is 13.3. The molecule has 1 aromatic rings. The second kappa shape index (κ2) is 3.91. The highest BCUT2D eigenvalue weighted by molar-refractivity contribution is 14.1. The van der Waals surface area contributed by atoms with E-state index in [4.69, 9.17) is 4.74 Å². The maximum Gasteiger partial charge on any atom is 0.179 e. The zero-order valence-electron chi connectivity index (χ0n) is 6.62. The van der Waals surface area contributed by atoms with E-state index in [2.05, 4.69) is 15.9 Å². The Balaban J connectivity index is 3.42. The van der Waals surface area contributed by atoms with Crippen LogP contribution >= 0.6 is 38.5 Å². The zero-order chi connectivity index (χ0) is 9.30. The number of benzene rings is 1. The summed E-state index contributed by atoms with van der Waals surface area (Å²) >= 11 is 5.20. The van der Waals surface area contributed by atoms with Crippen molar-refractivity contribution in [3.05, 3.63) is 25.5 Å². The molecule has 0 aliphatic rings. The van der Waals surface area contributed by atoms with Crippen molar-refractivity contribution >= 4 is 38.5 Å². The number of aryl methyl sites for hydroxylation is 1. The summed E-state index contributed by atoms with van der Waals surface area (Å²) in [5.74, 6) is -0.0324. The minimum Gasteiger partial charge on any atom is -0.492 e. The molecule has 0 unspecified atom stereocenters. The van der Waals surface area contributed by atoms with E-state index in [1.807, 2.05) is 29.5 Å². The highest BCUT2D eigenvalue weighted by Crippen LogP contribution is 2.33. The molecule has 1 aromatic carbocycles. The first kappa shape index (κ1) is 10.2. The van der Waals surface area contributed by atoms with E-state index in [0.717, 1.165) is 5.56 Å². The molecule has 0 fully saturated rings. The molecule has 0 saturated heterocycles. The predicted octanol–water partition coefficient (Wildman–Crippen LogP) is 3.51. The third-order valence-corrected chi connectivity index (χ3v) is 3.27. The molecule has 4 heteroatoms. The van der Waals surface area contributed by atoms with Crippen LogP contribution in [0, 0.1) is 16.3 Å². The summed E-state index contributed by atoms with van der Waals surface area (Å²) in [5, 5.41) is 0. The number of halogens is 3. The fourth-order valence-electron chi connectivity index (χ4n) is 0.880. The third-order valence-electron chi connectivity index (χ3n) is 1.50. The van der Waals surface area contributed by atoms with Crippen LogP contribution in [0.3, 0.4) is 0 Å². The number of methoxy groups -OCH3 is 1. The van der Waals surface area contributed by atoms with Gasteiger partial charge in [0, 0.05) is 0 Å². The lowest BCUT2D eigenvalue weighted by Crippen LogP contribution is -1.94. The molecular weight excluding hydrogens is 338 g/mol. The number of hydrogen-bond donors (Lipinski definition) is 0. The molecule has 0 saturated carbocycles. The minimum atomic E-state index is -0.310. The second-order valence-electron chi connectivity index (χ2n) is 2.34. The van der Waals surface area contributed by atoms with Crippen molar-refractivity contribution in [1.82, 2.24) is 0 Å². The summed E-state index contributed by atoms with van der Waals surface area (Å²) in [5.41, 5.74) is 0.970. The number of hydrogen-bond acceptors (Lipinski definition) is 1. The SMILES string of the molecule is COc1c(F)c(I)cc(C)c1Br. The van der Waals surface area contributed by atoms with Crippen molar-refractivity contribution in [3.8, 4) is 5.75 Å². The Morgan fingerprint density at radius 2 is 2.17 bits per heavy atom. The fourth-order valence-corrected chi connectivity index (χ4v) is 2.04. The van der Waals surface area contributed by atoms with Gasteiger partial charge >= 0.3 is 0 Å². The van der Waals surface area contributed by atoms with Crippen LogP contribution in [0.15, 0.2) is 10.5 Å². The van der Waals surface area contributed by atoms with Gasteiger partial charge in [-0.1, -0.05) is 0 Å². The molecule has 66 valence electrons. The first-order valence-electron chi connectivity index (χ1n) is 3.26. The van der Waals surface area contributed by atoms with Crippen molar-refractivity contribution < 1.29 is 9.13 Å².